The van der Waals surface area contributed by atoms with E-state index < -0.39 is 6.10 Å². The van der Waals surface area contributed by atoms with Crippen LogP contribution in [-0.2, 0) is 11.3 Å². The van der Waals surface area contributed by atoms with E-state index in [1.807, 2.05) is 24.3 Å². The molecule has 0 heterocycles. The lowest BCUT2D eigenvalue weighted by atomic mass is 10.0. The summed E-state index contributed by atoms with van der Waals surface area (Å²) in [6.45, 7) is 2.34. The summed E-state index contributed by atoms with van der Waals surface area (Å²) >= 11 is 0. The van der Waals surface area contributed by atoms with Crippen molar-refractivity contribution in [1.82, 2.24) is 0 Å². The molecule has 0 saturated carbocycles. The summed E-state index contributed by atoms with van der Waals surface area (Å²) in [6.07, 6.45) is -0.605. The van der Waals surface area contributed by atoms with Gasteiger partial charge in [0.25, 0.3) is 0 Å². The molecule has 3 N–H and O–H groups in total. The van der Waals surface area contributed by atoms with Crippen molar-refractivity contribution in [2.45, 2.75) is 25.7 Å². The van der Waals surface area contributed by atoms with Crippen LogP contribution >= 0.6 is 0 Å². The number of aliphatic hydroxyl groups excluding tert-OH is 1. The number of benzene rings is 1. The minimum atomic E-state index is -0.605. The Hall–Kier alpha value is -0.900. The van der Waals surface area contributed by atoms with Crippen LogP contribution in [0.5, 0.6) is 0 Å². The van der Waals surface area contributed by atoms with Crippen molar-refractivity contribution in [3.8, 4) is 0 Å². The van der Waals surface area contributed by atoms with Crippen LogP contribution in [0.3, 0.4) is 0 Å². The molecule has 1 rings (SSSR count). The molecule has 0 saturated heterocycles. The van der Waals surface area contributed by atoms with E-state index in [0.29, 0.717) is 6.61 Å². The maximum Gasteiger partial charge on any atom is 0.0938 e. The average Bonchev–Trinajstić information content (AvgIpc) is 2.17. The van der Waals surface area contributed by atoms with Crippen LogP contribution in [-0.4, -0.2) is 18.3 Å². The predicted octanol–water partition coefficient (Wildman–Crippen LogP) is 1.21. The Balaban J connectivity index is 2.82. The lowest BCUT2D eigenvalue weighted by Crippen LogP contribution is -2.24. The van der Waals surface area contributed by atoms with Gasteiger partial charge in [0.1, 0.15) is 0 Å². The summed E-state index contributed by atoms with van der Waals surface area (Å²) < 4.78 is 5.01. The van der Waals surface area contributed by atoms with Gasteiger partial charge in [0.2, 0.25) is 0 Å². The number of ether oxygens (including phenoxy) is 1. The Morgan fingerprint density at radius 1 is 1.50 bits per heavy atom. The monoisotopic (exact) mass is 195 g/mol. The first-order chi connectivity index (χ1) is 6.65. The normalized spacial score (nSPS) is 15.1. The lowest BCUT2D eigenvalue weighted by molar-refractivity contribution is 0.152. The Morgan fingerprint density at radius 3 is 2.79 bits per heavy atom. The van der Waals surface area contributed by atoms with Crippen LogP contribution in [0.25, 0.3) is 0 Å². The SMILES string of the molecule is COCc1cccc(C(O)C(C)N)c1. The summed E-state index contributed by atoms with van der Waals surface area (Å²) in [7, 11) is 1.65. The highest BCUT2D eigenvalue weighted by atomic mass is 16.5. The Kier molecular flexibility index (Phi) is 4.07. The second kappa shape index (κ2) is 5.10. The number of aliphatic hydroxyl groups is 1. The smallest absolute Gasteiger partial charge is 0.0938 e. The molecule has 1 aromatic rings. The molecule has 0 radical (unpaired) electrons. The summed E-state index contributed by atoms with van der Waals surface area (Å²) in [5.74, 6) is 0. The number of rotatable bonds is 4. The van der Waals surface area contributed by atoms with E-state index in [2.05, 4.69) is 0 Å². The number of hydrogen-bond acceptors (Lipinski definition) is 3. The first-order valence-electron chi connectivity index (χ1n) is 4.66. The molecule has 2 atom stereocenters. The van der Waals surface area contributed by atoms with Crippen LogP contribution in [0.15, 0.2) is 24.3 Å². The molecule has 0 spiro atoms. The van der Waals surface area contributed by atoms with Gasteiger partial charge in [0, 0.05) is 13.2 Å². The van der Waals surface area contributed by atoms with Gasteiger partial charge in [-0.15, -0.1) is 0 Å². The molecule has 14 heavy (non-hydrogen) atoms. The largest absolute Gasteiger partial charge is 0.387 e. The first kappa shape index (κ1) is 11.2. The van der Waals surface area contributed by atoms with Crippen LogP contribution in [0.2, 0.25) is 0 Å². The van der Waals surface area contributed by atoms with Crippen molar-refractivity contribution in [2.75, 3.05) is 7.11 Å². The van der Waals surface area contributed by atoms with Crippen LogP contribution in [0.1, 0.15) is 24.2 Å². The van der Waals surface area contributed by atoms with Crippen molar-refractivity contribution in [1.29, 1.82) is 0 Å². The summed E-state index contributed by atoms with van der Waals surface area (Å²) in [5, 5.41) is 9.72. The highest BCUT2D eigenvalue weighted by Gasteiger charge is 2.12. The molecule has 0 aliphatic carbocycles. The fourth-order valence-electron chi connectivity index (χ4n) is 1.34. The van der Waals surface area contributed by atoms with Gasteiger partial charge in [-0.05, 0) is 18.1 Å². The fraction of sp³-hybridized carbons (Fsp3) is 0.455. The van der Waals surface area contributed by atoms with Gasteiger partial charge in [0.15, 0.2) is 0 Å². The van der Waals surface area contributed by atoms with E-state index in [1.165, 1.54) is 0 Å². The zero-order valence-corrected chi connectivity index (χ0v) is 8.60. The van der Waals surface area contributed by atoms with E-state index >= 15 is 0 Å². The van der Waals surface area contributed by atoms with E-state index in [-0.39, 0.29) is 6.04 Å². The maximum atomic E-state index is 9.72. The molecule has 0 amide bonds. The maximum absolute atomic E-state index is 9.72. The zero-order valence-electron chi connectivity index (χ0n) is 8.60. The molecule has 2 unspecified atom stereocenters. The number of hydrogen-bond donors (Lipinski definition) is 2. The molecular weight excluding hydrogens is 178 g/mol. The van der Waals surface area contributed by atoms with Crippen LogP contribution in [0, 0.1) is 0 Å². The molecule has 3 heteroatoms. The second-order valence-corrected chi connectivity index (χ2v) is 3.48. The van der Waals surface area contributed by atoms with E-state index in [0.717, 1.165) is 11.1 Å². The topological polar surface area (TPSA) is 55.5 Å². The van der Waals surface area contributed by atoms with Gasteiger partial charge in [0.05, 0.1) is 12.7 Å². The number of nitrogens with two attached hydrogens (primary N) is 1. The Labute approximate surface area is 84.5 Å². The van der Waals surface area contributed by atoms with Crippen LogP contribution in [0.4, 0.5) is 0 Å². The van der Waals surface area contributed by atoms with Crippen molar-refractivity contribution < 1.29 is 9.84 Å². The third-order valence-corrected chi connectivity index (χ3v) is 2.10. The highest BCUT2D eigenvalue weighted by Crippen LogP contribution is 2.17. The van der Waals surface area contributed by atoms with Gasteiger partial charge in [-0.1, -0.05) is 24.3 Å². The zero-order chi connectivity index (χ0) is 10.6. The van der Waals surface area contributed by atoms with Gasteiger partial charge in [-0.25, -0.2) is 0 Å². The molecule has 0 aliphatic rings. The van der Waals surface area contributed by atoms with Crippen LogP contribution < -0.4 is 5.73 Å². The minimum absolute atomic E-state index is 0.257. The van der Waals surface area contributed by atoms with E-state index in [1.54, 1.807) is 14.0 Å². The molecule has 0 aliphatic heterocycles. The summed E-state index contributed by atoms with van der Waals surface area (Å²) in [4.78, 5) is 0. The predicted molar refractivity (Wildman–Crippen MR) is 55.8 cm³/mol. The minimum Gasteiger partial charge on any atom is -0.387 e. The molecule has 0 fully saturated rings. The molecular formula is C11H17NO2. The van der Waals surface area contributed by atoms with E-state index in [9.17, 15) is 5.11 Å². The van der Waals surface area contributed by atoms with Gasteiger partial charge in [-0.3, -0.25) is 0 Å². The lowest BCUT2D eigenvalue weighted by Gasteiger charge is -2.15. The molecule has 3 nitrogen and oxygen atoms in total. The number of methoxy groups -OCH3 is 1. The van der Waals surface area contributed by atoms with E-state index in [4.69, 9.17) is 10.5 Å². The van der Waals surface area contributed by atoms with Crippen molar-refractivity contribution in [3.63, 3.8) is 0 Å². The summed E-state index contributed by atoms with van der Waals surface area (Å²) in [5.41, 5.74) is 7.50. The third kappa shape index (κ3) is 2.80. The molecule has 1 aromatic carbocycles. The quantitative estimate of drug-likeness (QED) is 0.759. The van der Waals surface area contributed by atoms with Gasteiger partial charge in [-0.2, -0.15) is 0 Å². The summed E-state index contributed by atoms with van der Waals surface area (Å²) in [6, 6.07) is 7.38. The molecule has 78 valence electrons. The highest BCUT2D eigenvalue weighted by molar-refractivity contribution is 5.25. The standard InChI is InChI=1S/C11H17NO2/c1-8(12)11(13)10-5-3-4-9(6-10)7-14-2/h3-6,8,11,13H,7,12H2,1-2H3. The van der Waals surface area contributed by atoms with Crippen molar-refractivity contribution >= 4 is 0 Å². The first-order valence-corrected chi connectivity index (χ1v) is 4.66. The second-order valence-electron chi connectivity index (χ2n) is 3.48. The average molecular weight is 195 g/mol. The fourth-order valence-corrected chi connectivity index (χ4v) is 1.34. The van der Waals surface area contributed by atoms with Crippen molar-refractivity contribution in [2.24, 2.45) is 5.73 Å². The van der Waals surface area contributed by atoms with Gasteiger partial charge >= 0.3 is 0 Å². The Morgan fingerprint density at radius 2 is 2.21 bits per heavy atom. The van der Waals surface area contributed by atoms with Gasteiger partial charge < -0.3 is 15.6 Å². The molecule has 0 bridgehead atoms. The van der Waals surface area contributed by atoms with Crippen molar-refractivity contribution in [3.05, 3.63) is 35.4 Å². The third-order valence-electron chi connectivity index (χ3n) is 2.10. The molecule has 0 aromatic heterocycles. The Bertz CT molecular complexity index is 286.